The second kappa shape index (κ2) is 8.54. The van der Waals surface area contributed by atoms with Gasteiger partial charge in [-0.1, -0.05) is 20.3 Å². The van der Waals surface area contributed by atoms with Gasteiger partial charge in [-0.3, -0.25) is 4.79 Å². The lowest BCUT2D eigenvalue weighted by Gasteiger charge is -2.25. The molecule has 112 valence electrons. The number of carbonyl (C=O) groups excluding carboxylic acids is 1. The molecule has 1 saturated heterocycles. The van der Waals surface area contributed by atoms with E-state index < -0.39 is 0 Å². The molecule has 0 spiro atoms. The molecule has 4 heteroatoms. The van der Waals surface area contributed by atoms with E-state index in [2.05, 4.69) is 13.8 Å². The molecule has 0 aliphatic carbocycles. The molecule has 3 N–H and O–H groups in total. The maximum absolute atomic E-state index is 12.2. The molecule has 0 saturated carbocycles. The van der Waals surface area contributed by atoms with Gasteiger partial charge in [0.2, 0.25) is 5.91 Å². The molecule has 2 atom stereocenters. The predicted octanol–water partition coefficient (Wildman–Crippen LogP) is 1.90. The second-order valence-corrected chi connectivity index (χ2v) is 6.16. The van der Waals surface area contributed by atoms with Crippen LogP contribution in [0.15, 0.2) is 0 Å². The van der Waals surface area contributed by atoms with E-state index in [1.807, 2.05) is 4.90 Å². The molecule has 1 amide bonds. The Balaban J connectivity index is 2.37. The largest absolute Gasteiger partial charge is 0.391 e. The highest BCUT2D eigenvalue weighted by molar-refractivity contribution is 5.76. The summed E-state index contributed by atoms with van der Waals surface area (Å²) < 4.78 is 0. The molecular formula is C15H30N2O2. The molecule has 1 heterocycles. The minimum absolute atomic E-state index is 0.210. The molecule has 0 bridgehead atoms. The molecule has 2 unspecified atom stereocenters. The maximum atomic E-state index is 12.2. The van der Waals surface area contributed by atoms with Gasteiger partial charge >= 0.3 is 0 Å². The normalized spacial score (nSPS) is 23.3. The van der Waals surface area contributed by atoms with Gasteiger partial charge < -0.3 is 15.7 Å². The highest BCUT2D eigenvalue weighted by Gasteiger charge is 2.33. The zero-order valence-electron chi connectivity index (χ0n) is 12.5. The Morgan fingerprint density at radius 1 is 1.37 bits per heavy atom. The van der Waals surface area contributed by atoms with Crippen molar-refractivity contribution >= 4 is 5.91 Å². The SMILES string of the molecule is CC(C)CCC1CC(O)CN1C(=O)CCCCCN. The van der Waals surface area contributed by atoms with Gasteiger partial charge in [0.25, 0.3) is 0 Å². The van der Waals surface area contributed by atoms with Crippen LogP contribution >= 0.6 is 0 Å². The van der Waals surface area contributed by atoms with E-state index in [-0.39, 0.29) is 18.1 Å². The fourth-order valence-electron chi connectivity index (χ4n) is 2.74. The Hall–Kier alpha value is -0.610. The first-order valence-electron chi connectivity index (χ1n) is 7.72. The minimum atomic E-state index is -0.329. The number of aliphatic hydroxyl groups excluding tert-OH is 1. The van der Waals surface area contributed by atoms with Crippen molar-refractivity contribution in [1.82, 2.24) is 4.90 Å². The Morgan fingerprint density at radius 2 is 2.11 bits per heavy atom. The van der Waals surface area contributed by atoms with Crippen LogP contribution in [0.4, 0.5) is 0 Å². The monoisotopic (exact) mass is 270 g/mol. The number of hydrogen-bond donors (Lipinski definition) is 2. The van der Waals surface area contributed by atoms with Crippen molar-refractivity contribution in [3.8, 4) is 0 Å². The van der Waals surface area contributed by atoms with Gasteiger partial charge in [-0.25, -0.2) is 0 Å². The van der Waals surface area contributed by atoms with Gasteiger partial charge in [-0.15, -0.1) is 0 Å². The van der Waals surface area contributed by atoms with E-state index in [1.165, 1.54) is 0 Å². The average Bonchev–Trinajstić information content (AvgIpc) is 2.73. The van der Waals surface area contributed by atoms with E-state index >= 15 is 0 Å². The van der Waals surface area contributed by atoms with Crippen LogP contribution in [0.2, 0.25) is 0 Å². The molecule has 0 aromatic carbocycles. The predicted molar refractivity (Wildman–Crippen MR) is 77.7 cm³/mol. The molecule has 19 heavy (non-hydrogen) atoms. The quantitative estimate of drug-likeness (QED) is 0.662. The van der Waals surface area contributed by atoms with E-state index in [0.717, 1.165) is 38.5 Å². The topological polar surface area (TPSA) is 66.6 Å². The number of nitrogens with zero attached hydrogens (tertiary/aromatic N) is 1. The molecule has 1 aliphatic rings. The first kappa shape index (κ1) is 16.4. The van der Waals surface area contributed by atoms with Crippen LogP contribution in [-0.2, 0) is 4.79 Å². The van der Waals surface area contributed by atoms with Crippen molar-refractivity contribution in [2.75, 3.05) is 13.1 Å². The smallest absolute Gasteiger partial charge is 0.222 e. The van der Waals surface area contributed by atoms with Crippen molar-refractivity contribution < 1.29 is 9.90 Å². The minimum Gasteiger partial charge on any atom is -0.391 e. The fourth-order valence-corrected chi connectivity index (χ4v) is 2.74. The van der Waals surface area contributed by atoms with E-state index in [4.69, 9.17) is 5.73 Å². The molecule has 0 aromatic heterocycles. The van der Waals surface area contributed by atoms with Crippen molar-refractivity contribution in [1.29, 1.82) is 0 Å². The number of β-amino-alcohol motifs (C(OH)–C–C–N with tert-alkyl or cyclic N) is 1. The lowest BCUT2D eigenvalue weighted by molar-refractivity contribution is -0.132. The summed E-state index contributed by atoms with van der Waals surface area (Å²) in [6.45, 7) is 5.63. The van der Waals surface area contributed by atoms with Gasteiger partial charge in [0.1, 0.15) is 0 Å². The summed E-state index contributed by atoms with van der Waals surface area (Å²) in [5.74, 6) is 0.863. The number of hydrogen-bond acceptors (Lipinski definition) is 3. The van der Waals surface area contributed by atoms with Crippen LogP contribution in [0.1, 0.15) is 58.8 Å². The maximum Gasteiger partial charge on any atom is 0.222 e. The summed E-state index contributed by atoms with van der Waals surface area (Å²) in [4.78, 5) is 14.1. The van der Waals surface area contributed by atoms with Crippen LogP contribution in [-0.4, -0.2) is 41.1 Å². The number of nitrogens with two attached hydrogens (primary N) is 1. The molecule has 0 aromatic rings. The van der Waals surface area contributed by atoms with Crippen molar-refractivity contribution in [3.63, 3.8) is 0 Å². The van der Waals surface area contributed by atoms with Gasteiger partial charge in [0.05, 0.1) is 6.10 Å². The Kier molecular flexibility index (Phi) is 7.39. The number of likely N-dealkylation sites (tertiary alicyclic amines) is 1. The van der Waals surface area contributed by atoms with Crippen LogP contribution in [0, 0.1) is 5.92 Å². The number of carbonyl (C=O) groups is 1. The Bertz CT molecular complexity index is 269. The van der Waals surface area contributed by atoms with Gasteiger partial charge in [0, 0.05) is 19.0 Å². The lowest BCUT2D eigenvalue weighted by Crippen LogP contribution is -2.36. The van der Waals surface area contributed by atoms with Crippen LogP contribution in [0.3, 0.4) is 0 Å². The van der Waals surface area contributed by atoms with Crippen molar-refractivity contribution in [3.05, 3.63) is 0 Å². The van der Waals surface area contributed by atoms with Crippen molar-refractivity contribution in [2.24, 2.45) is 11.7 Å². The third kappa shape index (κ3) is 5.91. The third-order valence-electron chi connectivity index (χ3n) is 3.88. The summed E-state index contributed by atoms with van der Waals surface area (Å²) in [5, 5.41) is 9.78. The molecule has 1 aliphatic heterocycles. The van der Waals surface area contributed by atoms with Crippen molar-refractivity contribution in [2.45, 2.75) is 70.9 Å². The van der Waals surface area contributed by atoms with Gasteiger partial charge in [-0.2, -0.15) is 0 Å². The molecular weight excluding hydrogens is 240 g/mol. The third-order valence-corrected chi connectivity index (χ3v) is 3.88. The number of aliphatic hydroxyl groups is 1. The summed E-state index contributed by atoms with van der Waals surface area (Å²) in [5.41, 5.74) is 5.45. The first-order valence-corrected chi connectivity index (χ1v) is 7.72. The Labute approximate surface area is 117 Å². The Morgan fingerprint density at radius 3 is 2.74 bits per heavy atom. The van der Waals surface area contributed by atoms with Gasteiger partial charge in [-0.05, 0) is 44.6 Å². The zero-order chi connectivity index (χ0) is 14.3. The highest BCUT2D eigenvalue weighted by Crippen LogP contribution is 2.24. The highest BCUT2D eigenvalue weighted by atomic mass is 16.3. The summed E-state index contributed by atoms with van der Waals surface area (Å²) in [6, 6.07) is 0.249. The molecule has 1 rings (SSSR count). The van der Waals surface area contributed by atoms with Crippen LogP contribution in [0.5, 0.6) is 0 Å². The van der Waals surface area contributed by atoms with Gasteiger partial charge in [0.15, 0.2) is 0 Å². The fraction of sp³-hybridized carbons (Fsp3) is 0.933. The summed E-state index contributed by atoms with van der Waals surface area (Å²) >= 11 is 0. The second-order valence-electron chi connectivity index (χ2n) is 6.16. The van der Waals surface area contributed by atoms with E-state index in [0.29, 0.717) is 25.4 Å². The molecule has 1 fully saturated rings. The van der Waals surface area contributed by atoms with Crippen LogP contribution in [0.25, 0.3) is 0 Å². The average molecular weight is 270 g/mol. The lowest BCUT2D eigenvalue weighted by atomic mass is 10.0. The molecule has 4 nitrogen and oxygen atoms in total. The first-order chi connectivity index (χ1) is 9.04. The number of amides is 1. The van der Waals surface area contributed by atoms with Crippen LogP contribution < -0.4 is 5.73 Å². The summed E-state index contributed by atoms with van der Waals surface area (Å²) in [7, 11) is 0. The summed E-state index contributed by atoms with van der Waals surface area (Å²) in [6.07, 6.45) is 6.09. The number of rotatable bonds is 8. The number of unbranched alkanes of at least 4 members (excludes halogenated alkanes) is 2. The zero-order valence-corrected chi connectivity index (χ0v) is 12.5. The molecule has 0 radical (unpaired) electrons. The standard InChI is InChI=1S/C15H30N2O2/c1-12(2)7-8-13-10-14(18)11-17(13)15(19)6-4-3-5-9-16/h12-14,18H,3-11,16H2,1-2H3. The van der Waals surface area contributed by atoms with E-state index in [9.17, 15) is 9.90 Å². The van der Waals surface area contributed by atoms with E-state index in [1.54, 1.807) is 0 Å².